The van der Waals surface area contributed by atoms with Crippen LogP contribution in [0.5, 0.6) is 0 Å². The van der Waals surface area contributed by atoms with Crippen LogP contribution in [-0.2, 0) is 0 Å². The molecular weight excluding hydrogens is 124 g/mol. The summed E-state index contributed by atoms with van der Waals surface area (Å²) in [6.45, 7) is 2.06. The lowest BCUT2D eigenvalue weighted by molar-refractivity contribution is 1.10. The predicted molar refractivity (Wildman–Crippen MR) is 42.6 cm³/mol. The molecule has 0 saturated carbocycles. The van der Waals surface area contributed by atoms with Crippen LogP contribution in [0.3, 0.4) is 0 Å². The maximum atomic E-state index is 4.15. The normalized spacial score (nSPS) is 27.9. The molecule has 1 unspecified atom stereocenters. The Kier molecular flexibility index (Phi) is 1.07. The zero-order valence-corrected chi connectivity index (χ0v) is 5.78. The lowest BCUT2D eigenvalue weighted by Gasteiger charge is -2.09. The van der Waals surface area contributed by atoms with Gasteiger partial charge in [-0.25, -0.2) is 4.99 Å². The molecule has 0 aromatic heterocycles. The molecule has 2 rings (SSSR count). The van der Waals surface area contributed by atoms with Gasteiger partial charge in [0, 0.05) is 0 Å². The van der Waals surface area contributed by atoms with Crippen molar-refractivity contribution in [2.75, 3.05) is 0 Å². The van der Waals surface area contributed by atoms with Crippen molar-refractivity contribution in [3.63, 3.8) is 0 Å². The van der Waals surface area contributed by atoms with Gasteiger partial charge in [-0.05, 0) is 12.5 Å². The van der Waals surface area contributed by atoms with Gasteiger partial charge >= 0.3 is 0 Å². The molecule has 1 aliphatic heterocycles. The fourth-order valence-corrected chi connectivity index (χ4v) is 1.18. The SMILES string of the molecule is CC1=CC=CC2N=CN=C12. The maximum absolute atomic E-state index is 4.15. The Labute approximate surface area is 59.7 Å². The molecule has 10 heavy (non-hydrogen) atoms. The van der Waals surface area contributed by atoms with Crippen LogP contribution in [-0.4, -0.2) is 18.1 Å². The van der Waals surface area contributed by atoms with Crippen LogP contribution in [0.1, 0.15) is 6.92 Å². The highest BCUT2D eigenvalue weighted by atomic mass is 15.0. The molecule has 0 radical (unpaired) electrons. The molecule has 0 N–H and O–H groups in total. The van der Waals surface area contributed by atoms with Crippen molar-refractivity contribution in [1.82, 2.24) is 0 Å². The van der Waals surface area contributed by atoms with E-state index in [4.69, 9.17) is 0 Å². The topological polar surface area (TPSA) is 24.7 Å². The number of fused-ring (bicyclic) bond motifs is 1. The summed E-state index contributed by atoms with van der Waals surface area (Å²) in [7, 11) is 0. The van der Waals surface area contributed by atoms with Crippen molar-refractivity contribution in [3.8, 4) is 0 Å². The monoisotopic (exact) mass is 132 g/mol. The first-order chi connectivity index (χ1) is 4.88. The summed E-state index contributed by atoms with van der Waals surface area (Å²) in [6, 6.07) is 0.213. The van der Waals surface area contributed by atoms with Crippen LogP contribution in [0.2, 0.25) is 0 Å². The number of hydrogen-bond acceptors (Lipinski definition) is 2. The van der Waals surface area contributed by atoms with E-state index in [1.165, 1.54) is 5.57 Å². The van der Waals surface area contributed by atoms with Gasteiger partial charge in [-0.3, -0.25) is 4.99 Å². The molecule has 0 spiro atoms. The Hall–Kier alpha value is -1.18. The van der Waals surface area contributed by atoms with E-state index in [-0.39, 0.29) is 6.04 Å². The lowest BCUT2D eigenvalue weighted by Crippen LogP contribution is -2.15. The second kappa shape index (κ2) is 1.90. The number of hydrogen-bond donors (Lipinski definition) is 0. The summed E-state index contributed by atoms with van der Waals surface area (Å²) in [4.78, 5) is 8.30. The van der Waals surface area contributed by atoms with Gasteiger partial charge in [0.05, 0.1) is 5.71 Å². The highest BCUT2D eigenvalue weighted by Gasteiger charge is 2.17. The van der Waals surface area contributed by atoms with Gasteiger partial charge in [0.25, 0.3) is 0 Å². The smallest absolute Gasteiger partial charge is 0.112 e. The van der Waals surface area contributed by atoms with Crippen molar-refractivity contribution in [2.45, 2.75) is 13.0 Å². The molecule has 1 aliphatic carbocycles. The first-order valence-electron chi connectivity index (χ1n) is 3.33. The summed E-state index contributed by atoms with van der Waals surface area (Å²) < 4.78 is 0. The third-order valence-electron chi connectivity index (χ3n) is 1.75. The van der Waals surface area contributed by atoms with Crippen LogP contribution in [0, 0.1) is 0 Å². The number of allylic oxidation sites excluding steroid dienone is 2. The van der Waals surface area contributed by atoms with Crippen LogP contribution in [0.4, 0.5) is 0 Å². The summed E-state index contributed by atoms with van der Waals surface area (Å²) in [5.74, 6) is 0. The molecule has 2 heteroatoms. The molecule has 1 atom stereocenters. The zero-order chi connectivity index (χ0) is 6.97. The Balaban J connectivity index is 2.44. The minimum atomic E-state index is 0.213. The van der Waals surface area contributed by atoms with Crippen molar-refractivity contribution >= 4 is 12.1 Å². The fourth-order valence-electron chi connectivity index (χ4n) is 1.18. The molecule has 0 saturated heterocycles. The number of aliphatic imine (C=N–C) groups is 2. The van der Waals surface area contributed by atoms with E-state index in [0.29, 0.717) is 0 Å². The third kappa shape index (κ3) is 0.652. The molecule has 0 aromatic carbocycles. The van der Waals surface area contributed by atoms with Crippen molar-refractivity contribution in [3.05, 3.63) is 23.8 Å². The van der Waals surface area contributed by atoms with Crippen molar-refractivity contribution < 1.29 is 0 Å². The van der Waals surface area contributed by atoms with E-state index in [9.17, 15) is 0 Å². The van der Waals surface area contributed by atoms with Crippen molar-refractivity contribution in [1.29, 1.82) is 0 Å². The van der Waals surface area contributed by atoms with Gasteiger partial charge in [0.2, 0.25) is 0 Å². The highest BCUT2D eigenvalue weighted by molar-refractivity contribution is 6.11. The van der Waals surface area contributed by atoms with Crippen molar-refractivity contribution in [2.24, 2.45) is 9.98 Å². The Bertz CT molecular complexity index is 269. The Morgan fingerprint density at radius 3 is 3.20 bits per heavy atom. The standard InChI is InChI=1S/C8H8N2/c1-6-3-2-4-7-8(6)10-5-9-7/h2-5,7H,1H3. The molecular formula is C8H8N2. The molecule has 2 nitrogen and oxygen atoms in total. The number of rotatable bonds is 0. The molecule has 0 fully saturated rings. The molecule has 0 amide bonds. The zero-order valence-electron chi connectivity index (χ0n) is 5.78. The highest BCUT2D eigenvalue weighted by Crippen LogP contribution is 2.15. The van der Waals surface area contributed by atoms with Crippen LogP contribution in [0.15, 0.2) is 33.8 Å². The second-order valence-corrected chi connectivity index (χ2v) is 2.46. The number of nitrogens with zero attached hydrogens (tertiary/aromatic N) is 2. The maximum Gasteiger partial charge on any atom is 0.112 e. The van der Waals surface area contributed by atoms with Gasteiger partial charge in [-0.15, -0.1) is 0 Å². The van der Waals surface area contributed by atoms with E-state index in [0.717, 1.165) is 5.71 Å². The summed E-state index contributed by atoms with van der Waals surface area (Å²) >= 11 is 0. The quantitative estimate of drug-likeness (QED) is 0.475. The van der Waals surface area contributed by atoms with Gasteiger partial charge < -0.3 is 0 Å². The Morgan fingerprint density at radius 1 is 1.50 bits per heavy atom. The van der Waals surface area contributed by atoms with E-state index < -0.39 is 0 Å². The van der Waals surface area contributed by atoms with Crippen LogP contribution >= 0.6 is 0 Å². The van der Waals surface area contributed by atoms with Crippen LogP contribution in [0.25, 0.3) is 0 Å². The molecule has 50 valence electrons. The van der Waals surface area contributed by atoms with Gasteiger partial charge in [-0.2, -0.15) is 0 Å². The van der Waals surface area contributed by atoms with E-state index in [2.05, 4.69) is 29.1 Å². The fraction of sp³-hybridized carbons (Fsp3) is 0.250. The van der Waals surface area contributed by atoms with Gasteiger partial charge in [0.15, 0.2) is 0 Å². The third-order valence-corrected chi connectivity index (χ3v) is 1.75. The molecule has 0 bridgehead atoms. The minimum Gasteiger partial charge on any atom is -0.260 e. The predicted octanol–water partition coefficient (Wildman–Crippen LogP) is 1.35. The van der Waals surface area contributed by atoms with E-state index in [1.54, 1.807) is 6.34 Å². The second-order valence-electron chi connectivity index (χ2n) is 2.46. The first kappa shape index (κ1) is 5.59. The van der Waals surface area contributed by atoms with E-state index >= 15 is 0 Å². The average Bonchev–Trinajstić information content (AvgIpc) is 2.36. The summed E-state index contributed by atoms with van der Waals surface area (Å²) in [5.41, 5.74) is 2.33. The average molecular weight is 132 g/mol. The first-order valence-corrected chi connectivity index (χ1v) is 3.33. The summed E-state index contributed by atoms with van der Waals surface area (Å²) in [5, 5.41) is 0. The van der Waals surface area contributed by atoms with Gasteiger partial charge in [-0.1, -0.05) is 18.2 Å². The summed E-state index contributed by atoms with van der Waals surface area (Å²) in [6.07, 6.45) is 7.77. The minimum absolute atomic E-state index is 0.213. The lowest BCUT2D eigenvalue weighted by atomic mass is 10.0. The molecule has 2 aliphatic rings. The largest absolute Gasteiger partial charge is 0.260 e. The van der Waals surface area contributed by atoms with Crippen LogP contribution < -0.4 is 0 Å². The molecule has 1 heterocycles. The van der Waals surface area contributed by atoms with Gasteiger partial charge in [0.1, 0.15) is 12.4 Å². The Morgan fingerprint density at radius 2 is 2.40 bits per heavy atom. The molecule has 0 aromatic rings. The van der Waals surface area contributed by atoms with E-state index in [1.807, 2.05) is 6.08 Å².